The van der Waals surface area contributed by atoms with Crippen LogP contribution >= 0.6 is 11.3 Å². The molecule has 1 saturated carbocycles. The van der Waals surface area contributed by atoms with Crippen LogP contribution in [0.25, 0.3) is 64.9 Å². The fraction of sp³-hybridized carbons (Fsp3) is 0.167. The topological polar surface area (TPSA) is 37.8 Å². The number of anilines is 2. The molecule has 0 amide bonds. The van der Waals surface area contributed by atoms with Gasteiger partial charge in [-0.05, 0) is 95.8 Å². The summed E-state index contributed by atoms with van der Waals surface area (Å²) in [5, 5.41) is 6.55. The van der Waals surface area contributed by atoms with Gasteiger partial charge in [0, 0.05) is 63.9 Å². The van der Waals surface area contributed by atoms with Crippen molar-refractivity contribution < 1.29 is 20.1 Å². The number of aromatic nitrogens is 2. The number of fused-ring (bicyclic) bond motifs is 9. The molecule has 53 heavy (non-hydrogen) atoms. The Kier molecular flexibility index (Phi) is 10.1. The minimum atomic E-state index is 0. The van der Waals surface area contributed by atoms with Crippen LogP contribution in [0.15, 0.2) is 128 Å². The van der Waals surface area contributed by atoms with E-state index in [0.717, 1.165) is 40.5 Å². The van der Waals surface area contributed by atoms with E-state index in [0.29, 0.717) is 0 Å². The maximum atomic E-state index is 4.68. The van der Waals surface area contributed by atoms with Crippen molar-refractivity contribution in [2.45, 2.75) is 46.0 Å². The zero-order chi connectivity index (χ0) is 35.0. The average Bonchev–Trinajstić information content (AvgIpc) is 3.83. The van der Waals surface area contributed by atoms with Gasteiger partial charge < -0.3 is 15.3 Å². The van der Waals surface area contributed by atoms with Crippen molar-refractivity contribution in [3.8, 4) is 44.8 Å². The van der Waals surface area contributed by atoms with Gasteiger partial charge in [-0.1, -0.05) is 85.3 Å². The summed E-state index contributed by atoms with van der Waals surface area (Å²) < 4.78 is 2.66. The summed E-state index contributed by atoms with van der Waals surface area (Å²) in [5.41, 5.74) is 15.5. The molecule has 0 spiro atoms. The first-order valence-electron chi connectivity index (χ1n) is 18.3. The van der Waals surface area contributed by atoms with Crippen LogP contribution in [0.3, 0.4) is 0 Å². The first-order valence-corrected chi connectivity index (χ1v) is 19.1. The summed E-state index contributed by atoms with van der Waals surface area (Å²) in [7, 11) is 0. The van der Waals surface area contributed by atoms with E-state index in [1.165, 1.54) is 90.5 Å². The molecule has 1 N–H and O–H groups in total. The Morgan fingerprint density at radius 2 is 1.43 bits per heavy atom. The molecule has 4 heterocycles. The molecule has 3 aromatic heterocycles. The van der Waals surface area contributed by atoms with E-state index in [-0.39, 0.29) is 20.1 Å². The monoisotopic (exact) mass is 882 g/mol. The largest absolute Gasteiger partial charge is 0.394 e. The predicted octanol–water partition coefficient (Wildman–Crippen LogP) is 13.2. The second-order valence-electron chi connectivity index (χ2n) is 14.2. The van der Waals surface area contributed by atoms with E-state index in [1.54, 1.807) is 6.20 Å². The molecule has 263 valence electrons. The van der Waals surface area contributed by atoms with Gasteiger partial charge in [0.05, 0.1) is 0 Å². The molecular weight excluding hydrogens is 843 g/mol. The van der Waals surface area contributed by atoms with E-state index in [4.69, 9.17) is 0 Å². The second kappa shape index (κ2) is 15.2. The van der Waals surface area contributed by atoms with Crippen molar-refractivity contribution in [1.29, 1.82) is 0 Å². The standard InChI is InChI=1S/C37H31N2S.C11H8N.Ir/c1-22-13-14-38-34(15-22)26-11-12-33-30(19-26)28-17-25(16-24-7-3-4-8-24)18-29(23(28)2)31-20-32-27-9-5-6-10-36(27)40-37(32)21-35(31)39-33;1-2-6-10(7-3-1)11-8-4-5-9-12-11;/h5-6,9-10,12-15,17-21,24,39H,3-4,7-8,16H2,1-2H3;1-6,8-9H;/q2*-1;. The van der Waals surface area contributed by atoms with Gasteiger partial charge in [-0.25, -0.2) is 0 Å². The molecule has 1 radical (unpaired) electrons. The van der Waals surface area contributed by atoms with Gasteiger partial charge in [-0.3, -0.25) is 0 Å². The van der Waals surface area contributed by atoms with Crippen molar-refractivity contribution in [1.82, 2.24) is 9.97 Å². The number of thiophene rings is 1. The maximum absolute atomic E-state index is 4.68. The smallest absolute Gasteiger partial charge is 0.0395 e. The Morgan fingerprint density at radius 3 is 2.21 bits per heavy atom. The molecule has 1 aliphatic heterocycles. The van der Waals surface area contributed by atoms with Crippen LogP contribution in [0, 0.1) is 31.9 Å². The fourth-order valence-corrected chi connectivity index (χ4v) is 9.09. The Morgan fingerprint density at radius 1 is 0.660 bits per heavy atom. The van der Waals surface area contributed by atoms with E-state index in [9.17, 15) is 0 Å². The zero-order valence-corrected chi connectivity index (χ0v) is 33.1. The summed E-state index contributed by atoms with van der Waals surface area (Å²) in [5.74, 6) is 0.794. The average molecular weight is 882 g/mol. The van der Waals surface area contributed by atoms with Gasteiger partial charge in [-0.2, -0.15) is 0 Å². The zero-order valence-electron chi connectivity index (χ0n) is 29.9. The van der Waals surface area contributed by atoms with Crippen molar-refractivity contribution >= 4 is 42.9 Å². The number of hydrogen-bond acceptors (Lipinski definition) is 4. The van der Waals surface area contributed by atoms with Crippen LogP contribution in [0.5, 0.6) is 0 Å². The Labute approximate surface area is 329 Å². The summed E-state index contributed by atoms with van der Waals surface area (Å²) in [6.07, 6.45) is 10.3. The minimum Gasteiger partial charge on any atom is -0.394 e. The molecule has 10 rings (SSSR count). The van der Waals surface area contributed by atoms with Crippen molar-refractivity contribution in [3.63, 3.8) is 0 Å². The molecule has 2 bridgehead atoms. The molecule has 1 aliphatic carbocycles. The first-order chi connectivity index (χ1) is 25.6. The van der Waals surface area contributed by atoms with E-state index >= 15 is 0 Å². The molecule has 1 fully saturated rings. The SMILES string of the molecule is Cc1ccnc(-c2[c-]cc3c(c2)-c2cc(CC4CCCC4)cc(c2C)-c2cc4c(cc2N3)sc2ccccc24)c1.[Ir].[c-]1ccccc1-c1ccccn1. The van der Waals surface area contributed by atoms with Crippen LogP contribution in [-0.4, -0.2) is 9.97 Å². The van der Waals surface area contributed by atoms with Gasteiger partial charge >= 0.3 is 0 Å². The molecule has 8 aromatic rings. The van der Waals surface area contributed by atoms with Gasteiger partial charge in [0.2, 0.25) is 0 Å². The first kappa shape index (κ1) is 35.1. The number of benzene rings is 5. The summed E-state index contributed by atoms with van der Waals surface area (Å²) in [6, 6.07) is 47.5. The Hall–Kier alpha value is -4.93. The fourth-order valence-electron chi connectivity index (χ4n) is 7.97. The van der Waals surface area contributed by atoms with Crippen molar-refractivity contribution in [2.24, 2.45) is 5.92 Å². The Bertz CT molecular complexity index is 2520. The third kappa shape index (κ3) is 7.10. The number of nitrogens with zero attached hydrogens (tertiary/aromatic N) is 2. The normalized spacial score (nSPS) is 13.2. The predicted molar refractivity (Wildman–Crippen MR) is 219 cm³/mol. The van der Waals surface area contributed by atoms with Crippen LogP contribution in [0.2, 0.25) is 0 Å². The van der Waals surface area contributed by atoms with Gasteiger partial charge in [0.1, 0.15) is 0 Å². The van der Waals surface area contributed by atoms with Crippen molar-refractivity contribution in [3.05, 3.63) is 156 Å². The number of pyridine rings is 2. The van der Waals surface area contributed by atoms with E-state index < -0.39 is 0 Å². The van der Waals surface area contributed by atoms with Crippen LogP contribution < -0.4 is 5.32 Å². The van der Waals surface area contributed by atoms with Gasteiger partial charge in [0.25, 0.3) is 0 Å². The molecule has 0 unspecified atom stereocenters. The molecular formula is C48H39IrN3S-2. The number of hydrogen-bond donors (Lipinski definition) is 1. The van der Waals surface area contributed by atoms with Gasteiger partial charge in [-0.15, -0.1) is 71.0 Å². The third-order valence-electron chi connectivity index (χ3n) is 10.6. The van der Waals surface area contributed by atoms with Crippen molar-refractivity contribution in [2.75, 3.05) is 5.32 Å². The van der Waals surface area contributed by atoms with Crippen LogP contribution in [0.4, 0.5) is 11.4 Å². The molecule has 3 nitrogen and oxygen atoms in total. The third-order valence-corrected chi connectivity index (χ3v) is 11.8. The summed E-state index contributed by atoms with van der Waals surface area (Å²) >= 11 is 1.88. The number of nitrogens with one attached hydrogen (secondary N) is 1. The quantitative estimate of drug-likeness (QED) is 0.179. The number of rotatable bonds is 4. The molecule has 5 aromatic carbocycles. The van der Waals surface area contributed by atoms with Gasteiger partial charge in [0.15, 0.2) is 0 Å². The minimum absolute atomic E-state index is 0. The molecule has 0 atom stereocenters. The van der Waals surface area contributed by atoms with E-state index in [1.807, 2.05) is 66.1 Å². The molecule has 0 saturated heterocycles. The van der Waals surface area contributed by atoms with Crippen LogP contribution in [0.1, 0.15) is 42.4 Å². The summed E-state index contributed by atoms with van der Waals surface area (Å²) in [6.45, 7) is 4.43. The second-order valence-corrected chi connectivity index (χ2v) is 15.3. The number of aryl methyl sites for hydroxylation is 1. The molecule has 5 heteroatoms. The van der Waals surface area contributed by atoms with E-state index in [2.05, 4.69) is 108 Å². The molecule has 2 aliphatic rings. The summed E-state index contributed by atoms with van der Waals surface area (Å²) in [4.78, 5) is 8.90. The Balaban J connectivity index is 0.000000262. The van der Waals surface area contributed by atoms with Crippen LogP contribution in [-0.2, 0) is 26.5 Å². The maximum Gasteiger partial charge on any atom is 0.0395 e.